The minimum absolute atomic E-state index is 0.0102. The lowest BCUT2D eigenvalue weighted by Gasteiger charge is -2.14. The van der Waals surface area contributed by atoms with E-state index in [1.54, 1.807) is 13.8 Å². The number of carbonyl (C=O) groups excluding carboxylic acids is 2. The molecule has 0 unspecified atom stereocenters. The monoisotopic (exact) mass is 302 g/mol. The van der Waals surface area contributed by atoms with Gasteiger partial charge in [0.1, 0.15) is 5.56 Å². The Morgan fingerprint density at radius 2 is 1.70 bits per heavy atom. The van der Waals surface area contributed by atoms with Gasteiger partial charge in [0.2, 0.25) is 5.88 Å². The maximum atomic E-state index is 11.8. The molecule has 0 bridgehead atoms. The molecule has 0 radical (unpaired) electrons. The van der Waals surface area contributed by atoms with Crippen molar-refractivity contribution in [3.8, 4) is 5.88 Å². The number of carbonyl (C=O) groups is 2. The molecule has 0 amide bonds. The minimum atomic E-state index is -1.68. The SMILES string of the molecule is CCOC(=O)C(C(=O)OCC)c1c(O)[nH]c(=S)[nH]c1=O. The number of rotatable bonds is 5. The van der Waals surface area contributed by atoms with Gasteiger partial charge in [-0.2, -0.15) is 0 Å². The first kappa shape index (κ1) is 15.9. The van der Waals surface area contributed by atoms with Crippen LogP contribution < -0.4 is 5.56 Å². The van der Waals surface area contributed by atoms with Crippen molar-refractivity contribution in [3.63, 3.8) is 0 Å². The van der Waals surface area contributed by atoms with Crippen LogP contribution in [0.25, 0.3) is 0 Å². The number of aromatic nitrogens is 2. The smallest absolute Gasteiger partial charge is 0.325 e. The molecule has 3 N–H and O–H groups in total. The van der Waals surface area contributed by atoms with Crippen LogP contribution in [0.4, 0.5) is 0 Å². The maximum absolute atomic E-state index is 11.8. The van der Waals surface area contributed by atoms with E-state index >= 15 is 0 Å². The molecular formula is C11H14N2O6S. The van der Waals surface area contributed by atoms with Crippen LogP contribution in [-0.4, -0.2) is 40.2 Å². The predicted molar refractivity (Wildman–Crippen MR) is 69.9 cm³/mol. The summed E-state index contributed by atoms with van der Waals surface area (Å²) in [5.74, 6) is -4.33. The Labute approximate surface area is 118 Å². The molecular weight excluding hydrogens is 288 g/mol. The molecule has 8 nitrogen and oxygen atoms in total. The Kier molecular flexibility index (Phi) is 5.44. The van der Waals surface area contributed by atoms with Gasteiger partial charge in [-0.15, -0.1) is 0 Å². The third-order valence-electron chi connectivity index (χ3n) is 2.29. The van der Waals surface area contributed by atoms with Gasteiger partial charge in [0.15, 0.2) is 10.7 Å². The van der Waals surface area contributed by atoms with Crippen LogP contribution in [0.3, 0.4) is 0 Å². The first-order valence-corrected chi connectivity index (χ1v) is 6.21. The van der Waals surface area contributed by atoms with Gasteiger partial charge < -0.3 is 19.6 Å². The number of esters is 2. The summed E-state index contributed by atoms with van der Waals surface area (Å²) in [6, 6.07) is 0. The second-order valence-electron chi connectivity index (χ2n) is 3.61. The molecule has 1 aromatic rings. The summed E-state index contributed by atoms with van der Waals surface area (Å²) in [4.78, 5) is 39.9. The summed E-state index contributed by atoms with van der Waals surface area (Å²) >= 11 is 4.66. The molecule has 1 aromatic heterocycles. The molecule has 0 fully saturated rings. The fraction of sp³-hybridized carbons (Fsp3) is 0.455. The zero-order valence-corrected chi connectivity index (χ0v) is 11.7. The van der Waals surface area contributed by atoms with Crippen LogP contribution in [-0.2, 0) is 19.1 Å². The Morgan fingerprint density at radius 1 is 1.20 bits per heavy atom. The summed E-state index contributed by atoms with van der Waals surface area (Å²) in [5.41, 5.74) is -1.35. The van der Waals surface area contributed by atoms with E-state index in [1.165, 1.54) is 0 Å². The first-order chi connectivity index (χ1) is 9.42. The highest BCUT2D eigenvalue weighted by Gasteiger charge is 2.36. The molecule has 1 heterocycles. The van der Waals surface area contributed by atoms with Crippen LogP contribution in [0.2, 0.25) is 0 Å². The molecule has 110 valence electrons. The Hall–Kier alpha value is -2.16. The lowest BCUT2D eigenvalue weighted by Crippen LogP contribution is -2.31. The zero-order chi connectivity index (χ0) is 15.3. The number of aromatic amines is 2. The maximum Gasteiger partial charge on any atom is 0.325 e. The minimum Gasteiger partial charge on any atom is -0.494 e. The van der Waals surface area contributed by atoms with Gasteiger partial charge >= 0.3 is 11.9 Å². The van der Waals surface area contributed by atoms with Crippen molar-refractivity contribution < 1.29 is 24.2 Å². The largest absolute Gasteiger partial charge is 0.494 e. The number of aromatic hydroxyl groups is 1. The number of hydrogen-bond donors (Lipinski definition) is 3. The van der Waals surface area contributed by atoms with E-state index in [0.717, 1.165) is 0 Å². The normalized spacial score (nSPS) is 10.3. The van der Waals surface area contributed by atoms with E-state index in [-0.39, 0.29) is 18.0 Å². The topological polar surface area (TPSA) is 121 Å². The van der Waals surface area contributed by atoms with Gasteiger partial charge in [0.05, 0.1) is 13.2 Å². The van der Waals surface area contributed by atoms with Crippen molar-refractivity contribution in [2.24, 2.45) is 0 Å². The summed E-state index contributed by atoms with van der Waals surface area (Å²) < 4.78 is 9.31. The Morgan fingerprint density at radius 3 is 2.10 bits per heavy atom. The molecule has 0 aliphatic rings. The van der Waals surface area contributed by atoms with Crippen LogP contribution >= 0.6 is 12.2 Å². The molecule has 0 spiro atoms. The highest BCUT2D eigenvalue weighted by Crippen LogP contribution is 2.22. The fourth-order valence-corrected chi connectivity index (χ4v) is 1.72. The fourth-order valence-electron chi connectivity index (χ4n) is 1.54. The van der Waals surface area contributed by atoms with Crippen molar-refractivity contribution in [1.82, 2.24) is 9.97 Å². The van der Waals surface area contributed by atoms with Crippen LogP contribution in [0.1, 0.15) is 25.3 Å². The highest BCUT2D eigenvalue weighted by molar-refractivity contribution is 7.71. The van der Waals surface area contributed by atoms with Gasteiger partial charge in [0, 0.05) is 0 Å². The summed E-state index contributed by atoms with van der Waals surface area (Å²) in [7, 11) is 0. The molecule has 0 aliphatic carbocycles. The van der Waals surface area contributed by atoms with Gasteiger partial charge in [-0.05, 0) is 26.1 Å². The molecule has 0 saturated carbocycles. The quantitative estimate of drug-likeness (QED) is 0.407. The van der Waals surface area contributed by atoms with Crippen LogP contribution in [0.15, 0.2) is 4.79 Å². The second-order valence-corrected chi connectivity index (χ2v) is 4.02. The third kappa shape index (κ3) is 3.44. The third-order valence-corrected chi connectivity index (χ3v) is 2.50. The second kappa shape index (κ2) is 6.85. The van der Waals surface area contributed by atoms with Crippen molar-refractivity contribution in [3.05, 3.63) is 20.7 Å². The molecule has 0 saturated heterocycles. The van der Waals surface area contributed by atoms with Crippen LogP contribution in [0, 0.1) is 4.77 Å². The molecule has 1 rings (SSSR count). The van der Waals surface area contributed by atoms with Crippen molar-refractivity contribution in [2.45, 2.75) is 19.8 Å². The molecule has 0 aromatic carbocycles. The highest BCUT2D eigenvalue weighted by atomic mass is 32.1. The lowest BCUT2D eigenvalue weighted by atomic mass is 10.0. The first-order valence-electron chi connectivity index (χ1n) is 5.81. The molecule has 20 heavy (non-hydrogen) atoms. The van der Waals surface area contributed by atoms with E-state index < -0.39 is 34.9 Å². The summed E-state index contributed by atoms with van der Waals surface area (Å²) in [6.07, 6.45) is 0. The summed E-state index contributed by atoms with van der Waals surface area (Å²) in [5, 5.41) is 9.72. The Bertz CT molecular complexity index is 602. The van der Waals surface area contributed by atoms with Gasteiger partial charge in [-0.1, -0.05) is 0 Å². The van der Waals surface area contributed by atoms with Crippen molar-refractivity contribution in [1.29, 1.82) is 0 Å². The standard InChI is InChI=1S/C11H14N2O6S/c1-3-18-9(16)6(10(17)19-4-2)5-7(14)12-11(20)13-8(5)15/h6H,3-4H2,1-2H3,(H3,12,13,14,15,20). The van der Waals surface area contributed by atoms with Crippen molar-refractivity contribution in [2.75, 3.05) is 13.2 Å². The van der Waals surface area contributed by atoms with Gasteiger partial charge in [0.25, 0.3) is 5.56 Å². The van der Waals surface area contributed by atoms with E-state index in [2.05, 4.69) is 22.2 Å². The number of H-pyrrole nitrogens is 2. The van der Waals surface area contributed by atoms with Gasteiger partial charge in [-0.3, -0.25) is 19.4 Å². The lowest BCUT2D eigenvalue weighted by molar-refractivity contribution is -0.157. The van der Waals surface area contributed by atoms with E-state index in [1.807, 2.05) is 0 Å². The van der Waals surface area contributed by atoms with Crippen LogP contribution in [0.5, 0.6) is 5.88 Å². The van der Waals surface area contributed by atoms with E-state index in [0.29, 0.717) is 0 Å². The Balaban J connectivity index is 3.38. The predicted octanol–water partition coefficient (Wildman–Crippen LogP) is 0.348. The molecule has 9 heteroatoms. The summed E-state index contributed by atoms with van der Waals surface area (Å²) in [6.45, 7) is 3.11. The number of ether oxygens (including phenoxy) is 2. The van der Waals surface area contributed by atoms with Crippen molar-refractivity contribution >= 4 is 24.2 Å². The molecule has 0 aliphatic heterocycles. The zero-order valence-electron chi connectivity index (χ0n) is 10.9. The molecule has 0 atom stereocenters. The van der Waals surface area contributed by atoms with Gasteiger partial charge in [-0.25, -0.2) is 0 Å². The number of nitrogens with one attached hydrogen (secondary N) is 2. The van der Waals surface area contributed by atoms with E-state index in [4.69, 9.17) is 9.47 Å². The average Bonchev–Trinajstić information content (AvgIpc) is 2.33. The van der Waals surface area contributed by atoms with E-state index in [9.17, 15) is 19.5 Å². The average molecular weight is 302 g/mol. The number of hydrogen-bond acceptors (Lipinski definition) is 7.